The minimum atomic E-state index is -2.70. The molecule has 0 aromatic heterocycles. The van der Waals surface area contributed by atoms with Crippen molar-refractivity contribution in [1.29, 1.82) is 0 Å². The maximum absolute atomic E-state index is 8.14. The van der Waals surface area contributed by atoms with E-state index in [1.165, 1.54) is 21.5 Å². The number of hydrogen-bond donors (Lipinski definition) is 2. The van der Waals surface area contributed by atoms with Gasteiger partial charge in [0.25, 0.3) is 8.32 Å². The molecule has 0 aliphatic carbocycles. The highest BCUT2D eigenvalue weighted by Gasteiger charge is 2.62. The van der Waals surface area contributed by atoms with E-state index in [9.17, 15) is 0 Å². The zero-order chi connectivity index (χ0) is 28.1. The highest BCUT2D eigenvalue weighted by molar-refractivity contribution is 6.97. The van der Waals surface area contributed by atoms with E-state index in [0.29, 0.717) is 0 Å². The van der Waals surface area contributed by atoms with Crippen molar-refractivity contribution in [3.8, 4) is 0 Å². The van der Waals surface area contributed by atoms with Crippen LogP contribution in [0.15, 0.2) is 121 Å². The Hall–Kier alpha value is -3.02. The fraction of sp³-hybridized carbons (Fsp3) is 0.333. The maximum Gasteiger partial charge on any atom is 0.257 e. The zero-order valence-corrected chi connectivity index (χ0v) is 25.0. The summed E-state index contributed by atoms with van der Waals surface area (Å²) in [6, 6.07) is 45.2. The van der Waals surface area contributed by atoms with Crippen LogP contribution in [0.4, 0.5) is 0 Å². The van der Waals surface area contributed by atoms with Crippen molar-refractivity contribution >= 4 is 18.7 Å². The van der Waals surface area contributed by atoms with E-state index in [2.05, 4.69) is 135 Å². The molecule has 1 aliphatic rings. The van der Waals surface area contributed by atoms with Gasteiger partial charge in [0.2, 0.25) is 0 Å². The van der Waals surface area contributed by atoms with Gasteiger partial charge in [0.15, 0.2) is 0 Å². The van der Waals surface area contributed by atoms with Crippen LogP contribution in [0.2, 0.25) is 6.04 Å². The van der Waals surface area contributed by atoms with Crippen LogP contribution in [0.25, 0.3) is 0 Å². The molecule has 5 rings (SSSR count). The van der Waals surface area contributed by atoms with Crippen LogP contribution in [0, 0.1) is 5.41 Å². The lowest BCUT2D eigenvalue weighted by Gasteiger charge is -2.60. The van der Waals surface area contributed by atoms with Gasteiger partial charge >= 0.3 is 0 Å². The molecule has 1 aliphatic heterocycles. The molecule has 4 heteroatoms. The van der Waals surface area contributed by atoms with Crippen LogP contribution >= 0.6 is 0 Å². The predicted molar refractivity (Wildman–Crippen MR) is 170 cm³/mol. The molecule has 0 spiro atoms. The molecule has 1 fully saturated rings. The molecule has 2 atom stereocenters. The Kier molecular flexibility index (Phi) is 8.72. The average molecular weight is 549 g/mol. The normalized spacial score (nSPS) is 21.4. The van der Waals surface area contributed by atoms with Gasteiger partial charge in [-0.2, -0.15) is 0 Å². The molecule has 40 heavy (non-hydrogen) atoms. The second kappa shape index (κ2) is 12.2. The molecule has 1 heterocycles. The van der Waals surface area contributed by atoms with E-state index in [1.54, 1.807) is 0 Å². The Morgan fingerprint density at radius 1 is 0.625 bits per heavy atom. The van der Waals surface area contributed by atoms with Crippen molar-refractivity contribution in [3.05, 3.63) is 132 Å². The maximum atomic E-state index is 8.14. The number of benzene rings is 4. The Morgan fingerprint density at radius 3 is 1.38 bits per heavy atom. The second-order valence-electron chi connectivity index (χ2n) is 11.9. The monoisotopic (exact) mass is 548 g/mol. The second-order valence-corrected chi connectivity index (χ2v) is 15.4. The molecule has 0 saturated carbocycles. The molecule has 4 aromatic rings. The van der Waals surface area contributed by atoms with Gasteiger partial charge in [-0.25, -0.2) is 0 Å². The fourth-order valence-corrected chi connectivity index (χ4v) is 11.5. The quantitative estimate of drug-likeness (QED) is 0.227. The Bertz CT molecular complexity index is 1240. The van der Waals surface area contributed by atoms with Crippen LogP contribution < -0.4 is 21.8 Å². The first-order valence-corrected chi connectivity index (χ1v) is 17.0. The summed E-state index contributed by atoms with van der Waals surface area (Å²) in [5.41, 5.74) is 14.6. The first-order valence-electron chi connectivity index (χ1n) is 14.9. The van der Waals surface area contributed by atoms with E-state index in [1.807, 2.05) is 0 Å². The van der Waals surface area contributed by atoms with Gasteiger partial charge in [-0.05, 0) is 73.5 Å². The molecular weight excluding hydrogens is 504 g/mol. The molecule has 4 N–H and O–H groups in total. The van der Waals surface area contributed by atoms with E-state index >= 15 is 0 Å². The van der Waals surface area contributed by atoms with Gasteiger partial charge in [0, 0.05) is 17.5 Å². The topological polar surface area (TPSA) is 61.3 Å². The molecular formula is C36H44N2OSi. The van der Waals surface area contributed by atoms with Crippen molar-refractivity contribution in [1.82, 2.24) is 0 Å². The molecule has 3 nitrogen and oxygen atoms in total. The zero-order valence-electron chi connectivity index (χ0n) is 24.0. The van der Waals surface area contributed by atoms with Gasteiger partial charge in [-0.1, -0.05) is 121 Å². The highest BCUT2D eigenvalue weighted by atomic mass is 28.4. The number of nitrogens with two attached hydrogens (primary N) is 2. The smallest absolute Gasteiger partial charge is 0.257 e. The standard InChI is InChI=1S/C36H44N2OSi/c1-29(37)23-25-35(26-24-30(2)38)27-28-40(33-19-11-5-12-20-33,34-21-13-6-14-22-34)39-36(35,31-15-7-3-8-16-31)32-17-9-4-10-18-32/h3-22,29-30H,23-28,37-38H2,1-2H3. The molecule has 2 unspecified atom stereocenters. The minimum Gasteiger partial charge on any atom is -0.394 e. The summed E-state index contributed by atoms with van der Waals surface area (Å²) in [4.78, 5) is 0. The Labute approximate surface area is 241 Å². The first kappa shape index (κ1) is 28.5. The summed E-state index contributed by atoms with van der Waals surface area (Å²) in [5.74, 6) is 0. The summed E-state index contributed by atoms with van der Waals surface area (Å²) >= 11 is 0. The SMILES string of the molecule is CC(N)CCC1(CCC(C)N)CC[Si](c2ccccc2)(c2ccccc2)OC1(c1ccccc1)c1ccccc1. The molecule has 1 saturated heterocycles. The van der Waals surface area contributed by atoms with E-state index in [4.69, 9.17) is 15.9 Å². The highest BCUT2D eigenvalue weighted by Crippen LogP contribution is 2.60. The average Bonchev–Trinajstić information content (AvgIpc) is 3.01. The van der Waals surface area contributed by atoms with Crippen LogP contribution in [-0.2, 0) is 10.0 Å². The molecule has 0 radical (unpaired) electrons. The van der Waals surface area contributed by atoms with Crippen molar-refractivity contribution in [2.45, 2.75) is 69.7 Å². The lowest BCUT2D eigenvalue weighted by molar-refractivity contribution is -0.0749. The van der Waals surface area contributed by atoms with E-state index in [-0.39, 0.29) is 17.5 Å². The lowest BCUT2D eigenvalue weighted by Crippen LogP contribution is -2.70. The summed E-state index contributed by atoms with van der Waals surface area (Å²) in [6.07, 6.45) is 4.89. The fourth-order valence-electron chi connectivity index (χ4n) is 6.98. The van der Waals surface area contributed by atoms with Crippen molar-refractivity contribution in [2.24, 2.45) is 16.9 Å². The lowest BCUT2D eigenvalue weighted by atomic mass is 9.58. The van der Waals surface area contributed by atoms with Gasteiger partial charge in [0.05, 0.1) is 0 Å². The van der Waals surface area contributed by atoms with Gasteiger partial charge < -0.3 is 15.9 Å². The van der Waals surface area contributed by atoms with Crippen LogP contribution in [0.5, 0.6) is 0 Å². The third-order valence-electron chi connectivity index (χ3n) is 9.03. The molecule has 0 bridgehead atoms. The van der Waals surface area contributed by atoms with Crippen LogP contribution in [-0.4, -0.2) is 20.4 Å². The van der Waals surface area contributed by atoms with Crippen molar-refractivity contribution in [3.63, 3.8) is 0 Å². The van der Waals surface area contributed by atoms with Gasteiger partial charge in [-0.3, -0.25) is 0 Å². The molecule has 0 amide bonds. The number of rotatable bonds is 10. The largest absolute Gasteiger partial charge is 0.394 e. The van der Waals surface area contributed by atoms with Gasteiger partial charge in [-0.15, -0.1) is 0 Å². The third-order valence-corrected chi connectivity index (χ3v) is 13.2. The Balaban J connectivity index is 1.84. The Morgan fingerprint density at radius 2 is 1.00 bits per heavy atom. The van der Waals surface area contributed by atoms with Crippen LogP contribution in [0.1, 0.15) is 57.1 Å². The third kappa shape index (κ3) is 5.34. The minimum absolute atomic E-state index is 0.114. The van der Waals surface area contributed by atoms with Crippen molar-refractivity contribution < 1.29 is 4.43 Å². The first-order chi connectivity index (χ1) is 19.4. The van der Waals surface area contributed by atoms with E-state index < -0.39 is 13.9 Å². The number of hydrogen-bond acceptors (Lipinski definition) is 3. The van der Waals surface area contributed by atoms with E-state index in [0.717, 1.165) is 38.1 Å². The predicted octanol–water partition coefficient (Wildman–Crippen LogP) is 6.35. The summed E-state index contributed by atoms with van der Waals surface area (Å²) < 4.78 is 8.14. The molecule has 4 aromatic carbocycles. The van der Waals surface area contributed by atoms with Crippen molar-refractivity contribution in [2.75, 3.05) is 0 Å². The summed E-state index contributed by atoms with van der Waals surface area (Å²) in [6.45, 7) is 4.26. The summed E-state index contributed by atoms with van der Waals surface area (Å²) in [7, 11) is -2.70. The van der Waals surface area contributed by atoms with Gasteiger partial charge in [0.1, 0.15) is 5.60 Å². The van der Waals surface area contributed by atoms with Crippen LogP contribution in [0.3, 0.4) is 0 Å². The molecule has 208 valence electrons. The summed E-state index contributed by atoms with van der Waals surface area (Å²) in [5, 5.41) is 2.65.